The number of fused-ring (bicyclic) bond motifs is 1. The van der Waals surface area contributed by atoms with E-state index >= 15 is 0 Å². The second-order valence-corrected chi connectivity index (χ2v) is 7.45. The molecule has 122 valence electrons. The number of carbonyl (C=O) groups excluding carboxylic acids is 1. The number of nitrogens with one attached hydrogen (secondary N) is 2. The van der Waals surface area contributed by atoms with E-state index in [1.807, 2.05) is 11.8 Å². The van der Waals surface area contributed by atoms with E-state index in [9.17, 15) is 4.79 Å². The van der Waals surface area contributed by atoms with Crippen molar-refractivity contribution in [2.45, 2.75) is 62.8 Å². The lowest BCUT2D eigenvalue weighted by atomic mass is 10.2. The van der Waals surface area contributed by atoms with Crippen molar-refractivity contribution in [2.24, 2.45) is 0 Å². The largest absolute Gasteiger partial charge is 0.338 e. The number of hydrogen-bond donors (Lipinski definition) is 2. The molecule has 0 saturated heterocycles. The summed E-state index contributed by atoms with van der Waals surface area (Å²) in [6.07, 6.45) is 12.1. The molecule has 5 nitrogen and oxygen atoms in total. The van der Waals surface area contributed by atoms with Crippen LogP contribution in [0.4, 0.5) is 4.79 Å². The molecular formula is C16H26N4OS. The van der Waals surface area contributed by atoms with Gasteiger partial charge in [0.1, 0.15) is 5.82 Å². The topological polar surface area (TPSA) is 59.0 Å². The van der Waals surface area contributed by atoms with Crippen molar-refractivity contribution in [2.75, 3.05) is 12.8 Å². The average Bonchev–Trinajstić information content (AvgIpc) is 3.13. The summed E-state index contributed by atoms with van der Waals surface area (Å²) < 4.78 is 2.26. The van der Waals surface area contributed by atoms with E-state index in [1.165, 1.54) is 25.1 Å². The van der Waals surface area contributed by atoms with Gasteiger partial charge >= 0.3 is 6.03 Å². The number of nitrogens with zero attached hydrogens (tertiary/aromatic N) is 2. The Morgan fingerprint density at radius 1 is 1.45 bits per heavy atom. The van der Waals surface area contributed by atoms with Gasteiger partial charge in [0.05, 0.1) is 5.69 Å². The zero-order valence-electron chi connectivity index (χ0n) is 13.3. The van der Waals surface area contributed by atoms with Gasteiger partial charge in [-0.15, -0.1) is 0 Å². The number of carbonyl (C=O) groups is 1. The standard InChI is InChI=1S/C16H26N4OS/c1-22-14-6-5-12(10-14)19-16(21)17-8-7-13-11-20-9-3-2-4-15(20)18-13/h11-12,14H,2-10H2,1H3,(H2,17,19,21)/t12-,14-/m0/s1. The first-order valence-electron chi connectivity index (χ1n) is 8.36. The Morgan fingerprint density at radius 3 is 3.14 bits per heavy atom. The quantitative estimate of drug-likeness (QED) is 0.875. The van der Waals surface area contributed by atoms with Crippen LogP contribution in [0.15, 0.2) is 6.20 Å². The van der Waals surface area contributed by atoms with Crippen LogP contribution in [0.5, 0.6) is 0 Å². The molecule has 0 unspecified atom stereocenters. The fraction of sp³-hybridized carbons (Fsp3) is 0.750. The van der Waals surface area contributed by atoms with Crippen LogP contribution in [0.25, 0.3) is 0 Å². The molecule has 2 atom stereocenters. The lowest BCUT2D eigenvalue weighted by Gasteiger charge is -2.13. The first-order valence-corrected chi connectivity index (χ1v) is 9.65. The van der Waals surface area contributed by atoms with Gasteiger partial charge in [-0.2, -0.15) is 11.8 Å². The Morgan fingerprint density at radius 2 is 2.36 bits per heavy atom. The predicted molar refractivity (Wildman–Crippen MR) is 90.3 cm³/mol. The van der Waals surface area contributed by atoms with Crippen molar-refractivity contribution in [3.8, 4) is 0 Å². The molecule has 1 aromatic rings. The second-order valence-electron chi connectivity index (χ2n) is 6.32. The molecule has 0 radical (unpaired) electrons. The fourth-order valence-corrected chi connectivity index (χ4v) is 4.21. The van der Waals surface area contributed by atoms with Gasteiger partial charge in [-0.05, 0) is 38.4 Å². The van der Waals surface area contributed by atoms with Gasteiger partial charge in [0.15, 0.2) is 0 Å². The Bertz CT molecular complexity index is 493. The molecule has 0 aromatic carbocycles. The van der Waals surface area contributed by atoms with Crippen LogP contribution in [-0.4, -0.2) is 39.7 Å². The minimum absolute atomic E-state index is 0.0317. The molecule has 2 aliphatic rings. The molecule has 1 aliphatic heterocycles. The predicted octanol–water partition coefficient (Wildman–Crippen LogP) is 2.35. The van der Waals surface area contributed by atoms with Crippen molar-refractivity contribution in [3.05, 3.63) is 17.7 Å². The van der Waals surface area contributed by atoms with E-state index < -0.39 is 0 Å². The van der Waals surface area contributed by atoms with Gasteiger partial charge in [-0.1, -0.05) is 0 Å². The van der Waals surface area contributed by atoms with Crippen molar-refractivity contribution in [1.82, 2.24) is 20.2 Å². The number of aryl methyl sites for hydroxylation is 2. The zero-order chi connectivity index (χ0) is 15.4. The van der Waals surface area contributed by atoms with E-state index in [2.05, 4.69) is 32.6 Å². The lowest BCUT2D eigenvalue weighted by molar-refractivity contribution is 0.237. The highest BCUT2D eigenvalue weighted by Gasteiger charge is 2.24. The van der Waals surface area contributed by atoms with Crippen molar-refractivity contribution in [3.63, 3.8) is 0 Å². The van der Waals surface area contributed by atoms with E-state index in [0.717, 1.165) is 37.9 Å². The van der Waals surface area contributed by atoms with Gasteiger partial charge < -0.3 is 15.2 Å². The molecule has 0 spiro atoms. The Hall–Kier alpha value is -1.17. The SMILES string of the molecule is CS[C@H]1CC[C@H](NC(=O)NCCc2cn3c(n2)CCCC3)C1. The normalized spacial score (nSPS) is 24.0. The summed E-state index contributed by atoms with van der Waals surface area (Å²) in [5.74, 6) is 1.21. The number of urea groups is 1. The maximum Gasteiger partial charge on any atom is 0.315 e. The molecule has 1 saturated carbocycles. The molecule has 2 amide bonds. The second kappa shape index (κ2) is 7.40. The summed E-state index contributed by atoms with van der Waals surface area (Å²) in [4.78, 5) is 16.6. The summed E-state index contributed by atoms with van der Waals surface area (Å²) >= 11 is 1.91. The number of hydrogen-bond acceptors (Lipinski definition) is 3. The highest BCUT2D eigenvalue weighted by atomic mass is 32.2. The summed E-state index contributed by atoms with van der Waals surface area (Å²) in [5, 5.41) is 6.76. The summed E-state index contributed by atoms with van der Waals surface area (Å²) in [6, 6.07) is 0.313. The summed E-state index contributed by atoms with van der Waals surface area (Å²) in [7, 11) is 0. The third-order valence-electron chi connectivity index (χ3n) is 4.68. The smallest absolute Gasteiger partial charge is 0.315 e. The van der Waals surface area contributed by atoms with Crippen LogP contribution in [0.2, 0.25) is 0 Å². The number of amides is 2. The van der Waals surface area contributed by atoms with Crippen molar-refractivity contribution in [1.29, 1.82) is 0 Å². The number of aromatic nitrogens is 2. The molecule has 2 heterocycles. The highest BCUT2D eigenvalue weighted by molar-refractivity contribution is 7.99. The van der Waals surface area contributed by atoms with Crippen LogP contribution in [0, 0.1) is 0 Å². The Kier molecular flexibility index (Phi) is 5.28. The van der Waals surface area contributed by atoms with Gasteiger partial charge in [-0.3, -0.25) is 0 Å². The van der Waals surface area contributed by atoms with E-state index in [0.29, 0.717) is 17.8 Å². The first kappa shape index (κ1) is 15.7. The van der Waals surface area contributed by atoms with E-state index in [1.54, 1.807) is 0 Å². The summed E-state index contributed by atoms with van der Waals surface area (Å²) in [6.45, 7) is 1.75. The summed E-state index contributed by atoms with van der Waals surface area (Å²) in [5.41, 5.74) is 1.10. The third kappa shape index (κ3) is 3.97. The van der Waals surface area contributed by atoms with Crippen LogP contribution >= 0.6 is 11.8 Å². The molecule has 1 aromatic heterocycles. The van der Waals surface area contributed by atoms with Crippen LogP contribution in [0.3, 0.4) is 0 Å². The first-order chi connectivity index (χ1) is 10.7. The van der Waals surface area contributed by atoms with Gasteiger partial charge in [-0.25, -0.2) is 9.78 Å². The molecule has 3 rings (SSSR count). The van der Waals surface area contributed by atoms with Crippen LogP contribution in [-0.2, 0) is 19.4 Å². The fourth-order valence-electron chi connectivity index (χ4n) is 3.42. The minimum Gasteiger partial charge on any atom is -0.338 e. The van der Waals surface area contributed by atoms with Crippen LogP contribution in [0.1, 0.15) is 43.6 Å². The lowest BCUT2D eigenvalue weighted by Crippen LogP contribution is -2.41. The highest BCUT2D eigenvalue weighted by Crippen LogP contribution is 2.27. The number of imidazole rings is 1. The molecular weight excluding hydrogens is 296 g/mol. The maximum atomic E-state index is 11.9. The number of rotatable bonds is 5. The molecule has 22 heavy (non-hydrogen) atoms. The monoisotopic (exact) mass is 322 g/mol. The number of thioether (sulfide) groups is 1. The molecule has 0 bridgehead atoms. The van der Waals surface area contributed by atoms with E-state index in [4.69, 9.17) is 0 Å². The van der Waals surface area contributed by atoms with E-state index in [-0.39, 0.29) is 6.03 Å². The molecule has 6 heteroatoms. The third-order valence-corrected chi connectivity index (χ3v) is 5.77. The van der Waals surface area contributed by atoms with Crippen molar-refractivity contribution < 1.29 is 4.79 Å². The zero-order valence-corrected chi connectivity index (χ0v) is 14.1. The minimum atomic E-state index is -0.0317. The molecule has 1 aliphatic carbocycles. The molecule has 1 fully saturated rings. The van der Waals surface area contributed by atoms with Crippen LogP contribution < -0.4 is 10.6 Å². The average molecular weight is 322 g/mol. The Balaban J connectivity index is 1.37. The molecule has 2 N–H and O–H groups in total. The van der Waals surface area contributed by atoms with Gasteiger partial charge in [0.2, 0.25) is 0 Å². The van der Waals surface area contributed by atoms with Gasteiger partial charge in [0.25, 0.3) is 0 Å². The van der Waals surface area contributed by atoms with Gasteiger partial charge in [0, 0.05) is 43.4 Å². The maximum absolute atomic E-state index is 11.9. The van der Waals surface area contributed by atoms with Crippen molar-refractivity contribution >= 4 is 17.8 Å². The Labute approximate surface area is 136 Å².